The number of halogens is 2. The fraction of sp³-hybridized carbons (Fsp3) is 0.333. The molecule has 0 spiro atoms. The quantitative estimate of drug-likeness (QED) is 0.790. The van der Waals surface area contributed by atoms with Gasteiger partial charge in [-0.1, -0.05) is 23.2 Å². The Kier molecular flexibility index (Phi) is 4.63. The number of carbonyl (C=O) groups is 2. The van der Waals surface area contributed by atoms with Crippen LogP contribution >= 0.6 is 23.2 Å². The van der Waals surface area contributed by atoms with Crippen LogP contribution in [0, 0.1) is 0 Å². The van der Waals surface area contributed by atoms with Crippen molar-refractivity contribution in [3.63, 3.8) is 0 Å². The fourth-order valence-corrected chi connectivity index (χ4v) is 2.08. The summed E-state index contributed by atoms with van der Waals surface area (Å²) in [5.41, 5.74) is 0.551. The normalized spacial score (nSPS) is 18.8. The summed E-state index contributed by atoms with van der Waals surface area (Å²) in [6, 6.07) is 4.33. The average molecular weight is 302 g/mol. The van der Waals surface area contributed by atoms with Crippen molar-refractivity contribution in [1.29, 1.82) is 0 Å². The largest absolute Gasteiger partial charge is 0.353 e. The molecule has 7 heteroatoms. The first-order chi connectivity index (χ1) is 9.06. The van der Waals surface area contributed by atoms with Gasteiger partial charge in [-0.2, -0.15) is 0 Å². The lowest BCUT2D eigenvalue weighted by molar-refractivity contribution is -0.127. The van der Waals surface area contributed by atoms with E-state index in [1.165, 1.54) is 0 Å². The highest BCUT2D eigenvalue weighted by atomic mass is 35.5. The number of amides is 2. The summed E-state index contributed by atoms with van der Waals surface area (Å²) in [6.45, 7) is 1.25. The number of nitrogens with one attached hydrogen (secondary N) is 3. The fourth-order valence-electron chi connectivity index (χ4n) is 1.78. The molecule has 1 atom stereocenters. The molecule has 0 radical (unpaired) electrons. The molecule has 0 aromatic heterocycles. The van der Waals surface area contributed by atoms with Crippen molar-refractivity contribution in [1.82, 2.24) is 10.6 Å². The molecular formula is C12H13Cl2N3O2. The van der Waals surface area contributed by atoms with E-state index in [9.17, 15) is 9.59 Å². The van der Waals surface area contributed by atoms with E-state index in [-0.39, 0.29) is 18.2 Å². The number of anilines is 1. The Balaban J connectivity index is 1.93. The van der Waals surface area contributed by atoms with Crippen molar-refractivity contribution in [3.8, 4) is 0 Å². The van der Waals surface area contributed by atoms with Crippen LogP contribution in [-0.2, 0) is 9.59 Å². The second-order valence-electron chi connectivity index (χ2n) is 4.18. The van der Waals surface area contributed by atoms with Crippen LogP contribution in [-0.4, -0.2) is 30.9 Å². The van der Waals surface area contributed by atoms with E-state index < -0.39 is 6.04 Å². The van der Waals surface area contributed by atoms with Crippen molar-refractivity contribution in [3.05, 3.63) is 28.2 Å². The van der Waals surface area contributed by atoms with E-state index in [2.05, 4.69) is 16.0 Å². The SMILES string of the molecule is O=C(C[C@@H]1NCCNC1=O)Nc1ccc(Cl)c(Cl)c1. The maximum Gasteiger partial charge on any atom is 0.237 e. The summed E-state index contributed by atoms with van der Waals surface area (Å²) in [5, 5.41) is 9.15. The van der Waals surface area contributed by atoms with Gasteiger partial charge < -0.3 is 16.0 Å². The van der Waals surface area contributed by atoms with Crippen LogP contribution in [0.25, 0.3) is 0 Å². The van der Waals surface area contributed by atoms with Gasteiger partial charge in [-0.15, -0.1) is 0 Å². The minimum absolute atomic E-state index is 0.0755. The molecule has 0 aliphatic carbocycles. The van der Waals surface area contributed by atoms with Gasteiger partial charge in [0, 0.05) is 18.8 Å². The maximum absolute atomic E-state index is 11.8. The third-order valence-corrected chi connectivity index (χ3v) is 3.46. The van der Waals surface area contributed by atoms with Crippen LogP contribution in [0.1, 0.15) is 6.42 Å². The minimum Gasteiger partial charge on any atom is -0.353 e. The third-order valence-electron chi connectivity index (χ3n) is 2.72. The Bertz CT molecular complexity index is 508. The second kappa shape index (κ2) is 6.23. The van der Waals surface area contributed by atoms with Gasteiger partial charge in [0.2, 0.25) is 11.8 Å². The molecule has 1 aromatic carbocycles. The number of carbonyl (C=O) groups excluding carboxylic acids is 2. The van der Waals surface area contributed by atoms with Gasteiger partial charge in [-0.3, -0.25) is 9.59 Å². The average Bonchev–Trinajstić information content (AvgIpc) is 2.37. The van der Waals surface area contributed by atoms with Crippen molar-refractivity contribution < 1.29 is 9.59 Å². The smallest absolute Gasteiger partial charge is 0.237 e. The van der Waals surface area contributed by atoms with E-state index in [0.29, 0.717) is 28.8 Å². The predicted octanol–water partition coefficient (Wildman–Crippen LogP) is 1.41. The van der Waals surface area contributed by atoms with E-state index in [4.69, 9.17) is 23.2 Å². The molecule has 0 bridgehead atoms. The van der Waals surface area contributed by atoms with Crippen molar-refractivity contribution >= 4 is 40.7 Å². The zero-order valence-corrected chi connectivity index (χ0v) is 11.5. The maximum atomic E-state index is 11.8. The molecule has 1 fully saturated rings. The summed E-state index contributed by atoms with van der Waals surface area (Å²) in [5.74, 6) is -0.413. The molecule has 1 aliphatic heterocycles. The molecule has 1 aliphatic rings. The van der Waals surface area contributed by atoms with Crippen LogP contribution in [0.3, 0.4) is 0 Å². The summed E-state index contributed by atoms with van der Waals surface area (Å²) >= 11 is 11.6. The number of hydrogen-bond donors (Lipinski definition) is 3. The number of rotatable bonds is 3. The predicted molar refractivity (Wildman–Crippen MR) is 74.5 cm³/mol. The standard InChI is InChI=1S/C12H13Cl2N3O2/c13-8-2-1-7(5-9(8)14)17-11(18)6-10-12(19)16-4-3-15-10/h1-2,5,10,15H,3-4,6H2,(H,16,19)(H,17,18)/t10-/m0/s1. The molecular weight excluding hydrogens is 289 g/mol. The first kappa shape index (κ1) is 14.1. The zero-order chi connectivity index (χ0) is 13.8. The van der Waals surface area contributed by atoms with Crippen LogP contribution in [0.4, 0.5) is 5.69 Å². The molecule has 1 aromatic rings. The van der Waals surface area contributed by atoms with E-state index in [0.717, 1.165) is 0 Å². The number of benzene rings is 1. The molecule has 2 rings (SSSR count). The van der Waals surface area contributed by atoms with Gasteiger partial charge in [0.1, 0.15) is 0 Å². The summed E-state index contributed by atoms with van der Waals surface area (Å²) in [7, 11) is 0. The lowest BCUT2D eigenvalue weighted by Gasteiger charge is -2.22. The number of hydrogen-bond acceptors (Lipinski definition) is 3. The van der Waals surface area contributed by atoms with Gasteiger partial charge in [-0.25, -0.2) is 0 Å². The number of piperazine rings is 1. The van der Waals surface area contributed by atoms with E-state index in [1.54, 1.807) is 18.2 Å². The Morgan fingerprint density at radius 3 is 2.79 bits per heavy atom. The topological polar surface area (TPSA) is 70.2 Å². The zero-order valence-electron chi connectivity index (χ0n) is 10.0. The molecule has 5 nitrogen and oxygen atoms in total. The van der Waals surface area contributed by atoms with Crippen LogP contribution in [0.2, 0.25) is 10.0 Å². The van der Waals surface area contributed by atoms with Crippen molar-refractivity contribution in [2.45, 2.75) is 12.5 Å². The molecule has 102 valence electrons. The highest BCUT2D eigenvalue weighted by Crippen LogP contribution is 2.25. The Morgan fingerprint density at radius 1 is 1.32 bits per heavy atom. The third kappa shape index (κ3) is 3.83. The molecule has 2 amide bonds. The molecule has 1 heterocycles. The molecule has 0 saturated carbocycles. The lowest BCUT2D eigenvalue weighted by atomic mass is 10.1. The Hall–Kier alpha value is -1.30. The Morgan fingerprint density at radius 2 is 2.11 bits per heavy atom. The summed E-state index contributed by atoms with van der Waals surface area (Å²) in [4.78, 5) is 23.3. The molecule has 1 saturated heterocycles. The van der Waals surface area contributed by atoms with E-state index in [1.807, 2.05) is 0 Å². The lowest BCUT2D eigenvalue weighted by Crippen LogP contribution is -2.53. The van der Waals surface area contributed by atoms with Gasteiger partial charge in [-0.05, 0) is 18.2 Å². The van der Waals surface area contributed by atoms with Crippen LogP contribution < -0.4 is 16.0 Å². The Labute approximate surface area is 120 Å². The molecule has 19 heavy (non-hydrogen) atoms. The minimum atomic E-state index is -0.489. The highest BCUT2D eigenvalue weighted by molar-refractivity contribution is 6.42. The van der Waals surface area contributed by atoms with Crippen molar-refractivity contribution in [2.24, 2.45) is 0 Å². The van der Waals surface area contributed by atoms with Gasteiger partial charge in [0.05, 0.1) is 22.5 Å². The van der Waals surface area contributed by atoms with Crippen LogP contribution in [0.5, 0.6) is 0 Å². The van der Waals surface area contributed by atoms with Crippen molar-refractivity contribution in [2.75, 3.05) is 18.4 Å². The highest BCUT2D eigenvalue weighted by Gasteiger charge is 2.23. The second-order valence-corrected chi connectivity index (χ2v) is 4.99. The summed E-state index contributed by atoms with van der Waals surface area (Å²) < 4.78 is 0. The summed E-state index contributed by atoms with van der Waals surface area (Å²) in [6.07, 6.45) is 0.0755. The van der Waals surface area contributed by atoms with Gasteiger partial charge in [0.15, 0.2) is 0 Å². The van der Waals surface area contributed by atoms with E-state index >= 15 is 0 Å². The monoisotopic (exact) mass is 301 g/mol. The molecule has 3 N–H and O–H groups in total. The van der Waals surface area contributed by atoms with Gasteiger partial charge in [0.25, 0.3) is 0 Å². The molecule has 0 unspecified atom stereocenters. The van der Waals surface area contributed by atoms with Crippen LogP contribution in [0.15, 0.2) is 18.2 Å². The first-order valence-electron chi connectivity index (χ1n) is 5.82. The first-order valence-corrected chi connectivity index (χ1v) is 6.58. The van der Waals surface area contributed by atoms with Gasteiger partial charge >= 0.3 is 0 Å².